The molecule has 0 spiro atoms. The second-order valence-corrected chi connectivity index (χ2v) is 6.77. The van der Waals surface area contributed by atoms with Gasteiger partial charge in [0.15, 0.2) is 0 Å². The number of rotatable bonds is 5. The van der Waals surface area contributed by atoms with Crippen LogP contribution in [0.3, 0.4) is 0 Å². The molecule has 1 heterocycles. The molecule has 0 aliphatic heterocycles. The van der Waals surface area contributed by atoms with Crippen LogP contribution in [0.1, 0.15) is 11.1 Å². The van der Waals surface area contributed by atoms with Gasteiger partial charge >= 0.3 is 6.18 Å². The smallest absolute Gasteiger partial charge is 0.323 e. The largest absolute Gasteiger partial charge is 0.416 e. The van der Waals surface area contributed by atoms with Gasteiger partial charge in [-0.25, -0.2) is 9.67 Å². The number of aromatic nitrogens is 3. The van der Waals surface area contributed by atoms with Gasteiger partial charge in [0.25, 0.3) is 0 Å². The molecule has 1 amide bonds. The normalized spacial score (nSPS) is 11.4. The molecule has 0 aliphatic rings. The predicted octanol–water partition coefficient (Wildman–Crippen LogP) is 4.33. The van der Waals surface area contributed by atoms with Gasteiger partial charge in [0.1, 0.15) is 12.7 Å². The fourth-order valence-electron chi connectivity index (χ4n) is 2.39. The lowest BCUT2D eigenvalue weighted by molar-refractivity contribution is -0.137. The van der Waals surface area contributed by atoms with Crippen LogP contribution in [-0.2, 0) is 11.0 Å². The van der Waals surface area contributed by atoms with Gasteiger partial charge in [-0.15, -0.1) is 11.8 Å². The van der Waals surface area contributed by atoms with Crippen molar-refractivity contribution in [1.82, 2.24) is 14.8 Å². The van der Waals surface area contributed by atoms with Gasteiger partial charge in [0.2, 0.25) is 5.91 Å². The second kappa shape index (κ2) is 7.83. The Balaban J connectivity index is 1.80. The number of halogens is 3. The van der Waals surface area contributed by atoms with Gasteiger partial charge in [-0.3, -0.25) is 4.79 Å². The lowest BCUT2D eigenvalue weighted by Gasteiger charge is -2.14. The fraction of sp³-hybridized carbons (Fsp3) is 0.167. The van der Waals surface area contributed by atoms with Crippen molar-refractivity contribution < 1.29 is 18.0 Å². The van der Waals surface area contributed by atoms with Crippen molar-refractivity contribution in [3.05, 3.63) is 66.2 Å². The summed E-state index contributed by atoms with van der Waals surface area (Å²) in [7, 11) is 0. The summed E-state index contributed by atoms with van der Waals surface area (Å²) >= 11 is 1.31. The second-order valence-electron chi connectivity index (χ2n) is 5.72. The summed E-state index contributed by atoms with van der Waals surface area (Å²) in [4.78, 5) is 17.0. The molecule has 0 unspecified atom stereocenters. The number of aryl methyl sites for hydroxylation is 1. The van der Waals surface area contributed by atoms with Crippen LogP contribution in [0, 0.1) is 6.92 Å². The number of amides is 1. The predicted molar refractivity (Wildman–Crippen MR) is 96.9 cm³/mol. The molecule has 27 heavy (non-hydrogen) atoms. The molecule has 0 bridgehead atoms. The number of hydrogen-bond donors (Lipinski definition) is 1. The number of carbonyl (C=O) groups excluding carboxylic acids is 1. The Morgan fingerprint density at radius 1 is 1.22 bits per heavy atom. The number of alkyl halides is 3. The Morgan fingerprint density at radius 3 is 2.70 bits per heavy atom. The SMILES string of the molecule is Cc1cccc(SCC(=O)Nc2cc(C(F)(F)F)ccc2-n2cncn2)c1. The molecular weight excluding hydrogens is 377 g/mol. The summed E-state index contributed by atoms with van der Waals surface area (Å²) in [5.74, 6) is -0.349. The van der Waals surface area contributed by atoms with Crippen LogP contribution in [0.2, 0.25) is 0 Å². The summed E-state index contributed by atoms with van der Waals surface area (Å²) in [5, 5.41) is 6.47. The highest BCUT2D eigenvalue weighted by molar-refractivity contribution is 8.00. The number of nitrogens with zero attached hydrogens (tertiary/aromatic N) is 3. The first-order valence-electron chi connectivity index (χ1n) is 7.88. The van der Waals surface area contributed by atoms with E-state index in [0.29, 0.717) is 5.69 Å². The summed E-state index contributed by atoms with van der Waals surface area (Å²) in [6, 6.07) is 10.7. The van der Waals surface area contributed by atoms with Gasteiger partial charge in [-0.2, -0.15) is 18.3 Å². The Morgan fingerprint density at radius 2 is 2.04 bits per heavy atom. The standard InChI is InChI=1S/C18H15F3N4OS/c1-12-3-2-4-14(7-12)27-9-17(26)24-15-8-13(18(19,20)21)5-6-16(15)25-11-22-10-23-25/h2-8,10-11H,9H2,1H3,(H,24,26). The van der Waals surface area contributed by atoms with Crippen LogP contribution in [0.5, 0.6) is 0 Å². The Bertz CT molecular complexity index is 942. The first-order chi connectivity index (χ1) is 12.8. The highest BCUT2D eigenvalue weighted by atomic mass is 32.2. The molecule has 0 fully saturated rings. The molecule has 0 atom stereocenters. The minimum atomic E-state index is -4.52. The number of thioether (sulfide) groups is 1. The van der Waals surface area contributed by atoms with E-state index in [2.05, 4.69) is 15.4 Å². The van der Waals surface area contributed by atoms with Crippen LogP contribution >= 0.6 is 11.8 Å². The van der Waals surface area contributed by atoms with Crippen LogP contribution in [-0.4, -0.2) is 26.4 Å². The third-order valence-corrected chi connectivity index (χ3v) is 4.62. The third kappa shape index (κ3) is 4.88. The number of benzene rings is 2. The lowest BCUT2D eigenvalue weighted by atomic mass is 10.1. The number of anilines is 1. The van der Waals surface area contributed by atoms with Gasteiger partial charge in [-0.05, 0) is 37.3 Å². The molecule has 3 aromatic rings. The fourth-order valence-corrected chi connectivity index (χ4v) is 3.20. The van der Waals surface area contributed by atoms with Crippen molar-refractivity contribution in [3.8, 4) is 5.69 Å². The van der Waals surface area contributed by atoms with Gasteiger partial charge in [-0.1, -0.05) is 17.7 Å². The van der Waals surface area contributed by atoms with E-state index in [-0.39, 0.29) is 11.4 Å². The first-order valence-corrected chi connectivity index (χ1v) is 8.87. The zero-order valence-electron chi connectivity index (χ0n) is 14.2. The molecule has 0 saturated carbocycles. The average Bonchev–Trinajstić information content (AvgIpc) is 3.13. The van der Waals surface area contributed by atoms with E-state index in [9.17, 15) is 18.0 Å². The highest BCUT2D eigenvalue weighted by Crippen LogP contribution is 2.33. The Hall–Kier alpha value is -2.81. The van der Waals surface area contributed by atoms with Crippen LogP contribution in [0.4, 0.5) is 18.9 Å². The maximum atomic E-state index is 13.0. The molecule has 0 saturated heterocycles. The van der Waals surface area contributed by atoms with Crippen molar-refractivity contribution in [2.45, 2.75) is 18.0 Å². The minimum absolute atomic E-state index is 0.0187. The highest BCUT2D eigenvalue weighted by Gasteiger charge is 2.31. The Kier molecular flexibility index (Phi) is 5.50. The van der Waals surface area contributed by atoms with Crippen molar-refractivity contribution in [3.63, 3.8) is 0 Å². The van der Waals surface area contributed by atoms with E-state index >= 15 is 0 Å². The summed E-state index contributed by atoms with van der Waals surface area (Å²) in [6.45, 7) is 1.94. The van der Waals surface area contributed by atoms with Gasteiger partial charge in [0, 0.05) is 4.90 Å². The molecule has 3 rings (SSSR count). The van der Waals surface area contributed by atoms with Crippen molar-refractivity contribution in [2.75, 3.05) is 11.1 Å². The van der Waals surface area contributed by atoms with Crippen molar-refractivity contribution in [1.29, 1.82) is 0 Å². The van der Waals surface area contributed by atoms with E-state index in [0.717, 1.165) is 22.6 Å². The lowest BCUT2D eigenvalue weighted by Crippen LogP contribution is -2.17. The van der Waals surface area contributed by atoms with E-state index in [1.165, 1.54) is 35.2 Å². The molecule has 1 aromatic heterocycles. The molecule has 0 aliphatic carbocycles. The summed E-state index contributed by atoms with van der Waals surface area (Å²) in [5.41, 5.74) is 0.527. The topological polar surface area (TPSA) is 59.8 Å². The van der Waals surface area contributed by atoms with Gasteiger partial charge < -0.3 is 5.32 Å². The Labute approximate surface area is 157 Å². The van der Waals surface area contributed by atoms with E-state index in [4.69, 9.17) is 0 Å². The van der Waals surface area contributed by atoms with Gasteiger partial charge in [0.05, 0.1) is 22.7 Å². The van der Waals surface area contributed by atoms with Crippen LogP contribution in [0.25, 0.3) is 5.69 Å². The van der Waals surface area contributed by atoms with E-state index < -0.39 is 17.6 Å². The minimum Gasteiger partial charge on any atom is -0.323 e. The van der Waals surface area contributed by atoms with Crippen molar-refractivity contribution >= 4 is 23.4 Å². The third-order valence-electron chi connectivity index (χ3n) is 3.62. The number of carbonyl (C=O) groups is 1. The average molecular weight is 392 g/mol. The molecular formula is C18H15F3N4OS. The quantitative estimate of drug-likeness (QED) is 0.657. The monoisotopic (exact) mass is 392 g/mol. The zero-order valence-corrected chi connectivity index (χ0v) is 15.0. The summed E-state index contributed by atoms with van der Waals surface area (Å²) in [6.07, 6.45) is -1.91. The molecule has 5 nitrogen and oxygen atoms in total. The maximum Gasteiger partial charge on any atom is 0.416 e. The molecule has 0 radical (unpaired) electrons. The first kappa shape index (κ1) is 19.0. The molecule has 9 heteroatoms. The molecule has 1 N–H and O–H groups in total. The van der Waals surface area contributed by atoms with Crippen molar-refractivity contribution in [2.24, 2.45) is 0 Å². The van der Waals surface area contributed by atoms with E-state index in [1.807, 2.05) is 31.2 Å². The maximum absolute atomic E-state index is 13.0. The van der Waals surface area contributed by atoms with Crippen LogP contribution in [0.15, 0.2) is 60.0 Å². The number of hydrogen-bond acceptors (Lipinski definition) is 4. The zero-order chi connectivity index (χ0) is 19.4. The molecule has 140 valence electrons. The summed E-state index contributed by atoms with van der Waals surface area (Å²) < 4.78 is 40.4. The van der Waals surface area contributed by atoms with E-state index in [1.54, 1.807) is 0 Å². The number of nitrogens with one attached hydrogen (secondary N) is 1. The molecule has 2 aromatic carbocycles. The van der Waals surface area contributed by atoms with Crippen LogP contribution < -0.4 is 5.32 Å².